The number of nitrogens with zero attached hydrogens (tertiary/aromatic N) is 1. The van der Waals surface area contributed by atoms with E-state index >= 15 is 0 Å². The molecule has 2 aliphatic rings. The first kappa shape index (κ1) is 11.6. The van der Waals surface area contributed by atoms with E-state index < -0.39 is 0 Å². The van der Waals surface area contributed by atoms with Crippen LogP contribution in [0.1, 0.15) is 43.1 Å². The molecule has 4 heteroatoms. The predicted molar refractivity (Wildman–Crippen MR) is 71.2 cm³/mol. The Morgan fingerprint density at radius 1 is 1.56 bits per heavy atom. The van der Waals surface area contributed by atoms with E-state index in [0.717, 1.165) is 19.0 Å². The van der Waals surface area contributed by atoms with Crippen LogP contribution in [0.2, 0.25) is 0 Å². The number of hydrogen-bond acceptors (Lipinski definition) is 2. The molecule has 0 aromatic carbocycles. The van der Waals surface area contributed by atoms with Crippen molar-refractivity contribution in [3.8, 4) is 0 Å². The molecule has 1 aromatic rings. The molecule has 2 saturated carbocycles. The van der Waals surface area contributed by atoms with Crippen LogP contribution >= 0.6 is 0 Å². The van der Waals surface area contributed by atoms with Gasteiger partial charge in [0.15, 0.2) is 0 Å². The van der Waals surface area contributed by atoms with Gasteiger partial charge in [0.2, 0.25) is 0 Å². The van der Waals surface area contributed by atoms with E-state index in [1.807, 2.05) is 17.7 Å². The number of rotatable bonds is 5. The van der Waals surface area contributed by atoms with E-state index in [4.69, 9.17) is 5.73 Å². The van der Waals surface area contributed by atoms with Crippen molar-refractivity contribution in [2.45, 2.75) is 39.2 Å². The summed E-state index contributed by atoms with van der Waals surface area (Å²) in [7, 11) is 0. The number of carbonyl (C=O) groups excluding carboxylic acids is 1. The SMILES string of the molecule is CCn1cc(N)cc1C(=O)NCC1(C2CC2)CC1. The highest BCUT2D eigenvalue weighted by Crippen LogP contribution is 2.60. The molecule has 1 heterocycles. The highest BCUT2D eigenvalue weighted by atomic mass is 16.1. The summed E-state index contributed by atoms with van der Waals surface area (Å²) in [5, 5.41) is 3.10. The lowest BCUT2D eigenvalue weighted by atomic mass is 10.0. The first-order chi connectivity index (χ1) is 8.64. The molecule has 0 saturated heterocycles. The summed E-state index contributed by atoms with van der Waals surface area (Å²) < 4.78 is 1.90. The highest BCUT2D eigenvalue weighted by Gasteiger charge is 2.53. The van der Waals surface area contributed by atoms with Gasteiger partial charge in [-0.3, -0.25) is 4.79 Å². The number of aromatic nitrogens is 1. The number of carbonyl (C=O) groups is 1. The van der Waals surface area contributed by atoms with Gasteiger partial charge in [-0.1, -0.05) is 0 Å². The highest BCUT2D eigenvalue weighted by molar-refractivity contribution is 5.93. The molecule has 3 rings (SSSR count). The lowest BCUT2D eigenvalue weighted by Crippen LogP contribution is -2.32. The van der Waals surface area contributed by atoms with Crippen molar-refractivity contribution in [3.63, 3.8) is 0 Å². The topological polar surface area (TPSA) is 60.0 Å². The fourth-order valence-corrected chi connectivity index (χ4v) is 2.92. The van der Waals surface area contributed by atoms with Gasteiger partial charge in [0.1, 0.15) is 5.69 Å². The van der Waals surface area contributed by atoms with E-state index in [9.17, 15) is 4.79 Å². The number of hydrogen-bond donors (Lipinski definition) is 2. The summed E-state index contributed by atoms with van der Waals surface area (Å²) in [4.78, 5) is 12.2. The summed E-state index contributed by atoms with van der Waals surface area (Å²) in [6, 6.07) is 1.76. The summed E-state index contributed by atoms with van der Waals surface area (Å²) in [5.41, 5.74) is 7.53. The van der Waals surface area contributed by atoms with Crippen molar-refractivity contribution in [1.82, 2.24) is 9.88 Å². The summed E-state index contributed by atoms with van der Waals surface area (Å²) in [6.45, 7) is 3.63. The van der Waals surface area contributed by atoms with E-state index in [1.54, 1.807) is 6.07 Å². The first-order valence-electron chi connectivity index (χ1n) is 6.88. The molecule has 1 amide bonds. The Labute approximate surface area is 108 Å². The second-order valence-electron chi connectivity index (χ2n) is 5.76. The van der Waals surface area contributed by atoms with Gasteiger partial charge < -0.3 is 15.6 Å². The van der Waals surface area contributed by atoms with E-state index in [1.165, 1.54) is 25.7 Å². The number of nitrogens with one attached hydrogen (secondary N) is 1. The van der Waals surface area contributed by atoms with Gasteiger partial charge in [0.05, 0.1) is 5.69 Å². The zero-order chi connectivity index (χ0) is 12.8. The van der Waals surface area contributed by atoms with Crippen molar-refractivity contribution in [2.24, 2.45) is 11.3 Å². The standard InChI is InChI=1S/C14H21N3O/c1-2-17-8-11(15)7-12(17)13(18)16-9-14(5-6-14)10-3-4-10/h7-8,10H,2-6,9,15H2,1H3,(H,16,18). The Morgan fingerprint density at radius 3 is 2.83 bits per heavy atom. The van der Waals surface area contributed by atoms with Crippen molar-refractivity contribution in [1.29, 1.82) is 0 Å². The smallest absolute Gasteiger partial charge is 0.268 e. The van der Waals surface area contributed by atoms with Gasteiger partial charge in [0, 0.05) is 19.3 Å². The quantitative estimate of drug-likeness (QED) is 0.836. The maximum Gasteiger partial charge on any atom is 0.268 e. The maximum absolute atomic E-state index is 12.2. The lowest BCUT2D eigenvalue weighted by molar-refractivity contribution is 0.0933. The number of anilines is 1. The molecule has 2 fully saturated rings. The fourth-order valence-electron chi connectivity index (χ4n) is 2.92. The van der Waals surface area contributed by atoms with Gasteiger partial charge in [-0.2, -0.15) is 0 Å². The average molecular weight is 247 g/mol. The third-order valence-electron chi connectivity index (χ3n) is 4.43. The minimum absolute atomic E-state index is 0.0143. The zero-order valence-corrected chi connectivity index (χ0v) is 10.9. The second-order valence-corrected chi connectivity index (χ2v) is 5.76. The van der Waals surface area contributed by atoms with Crippen LogP contribution in [0.5, 0.6) is 0 Å². The predicted octanol–water partition coefficient (Wildman–Crippen LogP) is 2.01. The molecule has 1 aromatic heterocycles. The molecule has 0 aliphatic heterocycles. The molecule has 98 valence electrons. The minimum Gasteiger partial charge on any atom is -0.397 e. The Balaban J connectivity index is 1.63. The van der Waals surface area contributed by atoms with Crippen LogP contribution in [0.4, 0.5) is 5.69 Å². The lowest BCUT2D eigenvalue weighted by Gasteiger charge is -2.15. The Morgan fingerprint density at radius 2 is 2.28 bits per heavy atom. The van der Waals surface area contributed by atoms with Crippen molar-refractivity contribution in [3.05, 3.63) is 18.0 Å². The van der Waals surface area contributed by atoms with Crippen LogP contribution < -0.4 is 11.1 Å². The fraction of sp³-hybridized carbons (Fsp3) is 0.643. The number of aryl methyl sites for hydroxylation is 1. The van der Waals surface area contributed by atoms with Crippen molar-refractivity contribution < 1.29 is 4.79 Å². The summed E-state index contributed by atoms with van der Waals surface area (Å²) in [6.07, 6.45) is 7.11. The number of nitrogen functional groups attached to an aromatic ring is 1. The van der Waals surface area contributed by atoms with Gasteiger partial charge >= 0.3 is 0 Å². The molecular formula is C14H21N3O. The number of amides is 1. The molecule has 0 spiro atoms. The third kappa shape index (κ3) is 2.00. The second kappa shape index (κ2) is 4.04. The van der Waals surface area contributed by atoms with Crippen molar-refractivity contribution >= 4 is 11.6 Å². The normalized spacial score (nSPS) is 20.7. The number of nitrogens with two attached hydrogens (primary N) is 1. The third-order valence-corrected chi connectivity index (χ3v) is 4.43. The van der Waals surface area contributed by atoms with E-state index in [-0.39, 0.29) is 5.91 Å². The molecule has 0 atom stereocenters. The molecule has 0 bridgehead atoms. The zero-order valence-electron chi connectivity index (χ0n) is 10.9. The summed E-state index contributed by atoms with van der Waals surface area (Å²) >= 11 is 0. The Kier molecular flexibility index (Phi) is 2.61. The Hall–Kier alpha value is -1.45. The molecule has 0 radical (unpaired) electrons. The van der Waals surface area contributed by atoms with Gasteiger partial charge in [-0.25, -0.2) is 0 Å². The summed E-state index contributed by atoms with van der Waals surface area (Å²) in [5.74, 6) is 0.890. The molecule has 0 unspecified atom stereocenters. The minimum atomic E-state index is 0.0143. The molecule has 3 N–H and O–H groups in total. The van der Waals surface area contributed by atoms with Crippen LogP contribution in [0, 0.1) is 11.3 Å². The van der Waals surface area contributed by atoms with Crippen LogP contribution in [0.15, 0.2) is 12.3 Å². The molecule has 18 heavy (non-hydrogen) atoms. The molecule has 4 nitrogen and oxygen atoms in total. The van der Waals surface area contributed by atoms with E-state index in [0.29, 0.717) is 16.8 Å². The maximum atomic E-state index is 12.2. The molecular weight excluding hydrogens is 226 g/mol. The first-order valence-corrected chi connectivity index (χ1v) is 6.88. The monoisotopic (exact) mass is 247 g/mol. The largest absolute Gasteiger partial charge is 0.397 e. The molecule has 2 aliphatic carbocycles. The van der Waals surface area contributed by atoms with E-state index in [2.05, 4.69) is 5.32 Å². The van der Waals surface area contributed by atoms with Crippen LogP contribution in [-0.2, 0) is 6.54 Å². The van der Waals surface area contributed by atoms with Crippen LogP contribution in [0.25, 0.3) is 0 Å². The van der Waals surface area contributed by atoms with Gasteiger partial charge in [-0.15, -0.1) is 0 Å². The van der Waals surface area contributed by atoms with Crippen LogP contribution in [0.3, 0.4) is 0 Å². The van der Waals surface area contributed by atoms with Gasteiger partial charge in [-0.05, 0) is 50.0 Å². The average Bonchev–Trinajstić information content (AvgIpc) is 3.23. The Bertz CT molecular complexity index is 469. The van der Waals surface area contributed by atoms with Crippen molar-refractivity contribution in [2.75, 3.05) is 12.3 Å². The van der Waals surface area contributed by atoms with Crippen LogP contribution in [-0.4, -0.2) is 17.0 Å². The van der Waals surface area contributed by atoms with Gasteiger partial charge in [0.25, 0.3) is 5.91 Å².